The average Bonchev–Trinajstić information content (AvgIpc) is 2.05. The lowest BCUT2D eigenvalue weighted by Crippen LogP contribution is -2.42. The average molecular weight is 183 g/mol. The molecular weight excluding hydrogens is 162 g/mol. The second-order valence-electron chi connectivity index (χ2n) is 4.49. The van der Waals surface area contributed by atoms with Crippen LogP contribution in [0.15, 0.2) is 0 Å². The van der Waals surface area contributed by atoms with Crippen LogP contribution in [0.2, 0.25) is 0 Å². The highest BCUT2D eigenvalue weighted by Crippen LogP contribution is 2.37. The maximum Gasteiger partial charge on any atom is 0.0643 e. The normalized spacial score (nSPS) is 35.8. The monoisotopic (exact) mass is 183 g/mol. The van der Waals surface area contributed by atoms with Crippen LogP contribution in [0.5, 0.6) is 0 Å². The molecule has 1 saturated carbocycles. The molecule has 2 aliphatic rings. The van der Waals surface area contributed by atoms with Crippen LogP contribution in [0.3, 0.4) is 0 Å². The van der Waals surface area contributed by atoms with Crippen LogP contribution in [0.1, 0.15) is 32.1 Å². The Morgan fingerprint density at radius 1 is 1.23 bits per heavy atom. The first-order chi connectivity index (χ1) is 6.42. The highest BCUT2D eigenvalue weighted by Gasteiger charge is 2.35. The molecule has 0 aromatic rings. The molecule has 1 aliphatic heterocycles. The van der Waals surface area contributed by atoms with E-state index in [0.717, 1.165) is 25.0 Å². The standard InChI is InChI=1S/C11H21NO/c1-12-8-10-6-3-7-13-11(10)9-4-2-5-9/h9-12H,2-8H2,1H3. The summed E-state index contributed by atoms with van der Waals surface area (Å²) in [7, 11) is 2.05. The third-order valence-corrected chi connectivity index (χ3v) is 3.57. The minimum Gasteiger partial charge on any atom is -0.378 e. The molecule has 1 aliphatic carbocycles. The second kappa shape index (κ2) is 4.43. The van der Waals surface area contributed by atoms with Crippen LogP contribution < -0.4 is 5.32 Å². The molecule has 13 heavy (non-hydrogen) atoms. The molecule has 0 aromatic heterocycles. The smallest absolute Gasteiger partial charge is 0.0643 e. The van der Waals surface area contributed by atoms with E-state index >= 15 is 0 Å². The summed E-state index contributed by atoms with van der Waals surface area (Å²) in [6.45, 7) is 2.14. The van der Waals surface area contributed by atoms with Crippen molar-refractivity contribution in [3.63, 3.8) is 0 Å². The van der Waals surface area contributed by atoms with E-state index in [4.69, 9.17) is 4.74 Å². The van der Waals surface area contributed by atoms with Crippen LogP contribution in [0, 0.1) is 11.8 Å². The minimum atomic E-state index is 0.579. The van der Waals surface area contributed by atoms with E-state index in [9.17, 15) is 0 Å². The Labute approximate surface area is 81.0 Å². The van der Waals surface area contributed by atoms with Crippen LogP contribution in [0.4, 0.5) is 0 Å². The van der Waals surface area contributed by atoms with Crippen LogP contribution >= 0.6 is 0 Å². The van der Waals surface area contributed by atoms with Crippen molar-refractivity contribution in [1.29, 1.82) is 0 Å². The molecule has 0 amide bonds. The number of ether oxygens (including phenoxy) is 1. The van der Waals surface area contributed by atoms with Gasteiger partial charge >= 0.3 is 0 Å². The Morgan fingerprint density at radius 3 is 2.69 bits per heavy atom. The molecule has 0 aromatic carbocycles. The van der Waals surface area contributed by atoms with Crippen molar-refractivity contribution in [2.24, 2.45) is 11.8 Å². The third kappa shape index (κ3) is 2.05. The van der Waals surface area contributed by atoms with E-state index in [0.29, 0.717) is 6.10 Å². The van der Waals surface area contributed by atoms with Gasteiger partial charge in [-0.15, -0.1) is 0 Å². The zero-order valence-electron chi connectivity index (χ0n) is 8.59. The van der Waals surface area contributed by atoms with Gasteiger partial charge in [0.05, 0.1) is 6.10 Å². The number of hydrogen-bond donors (Lipinski definition) is 1. The largest absolute Gasteiger partial charge is 0.378 e. The van der Waals surface area contributed by atoms with E-state index in [1.165, 1.54) is 32.1 Å². The van der Waals surface area contributed by atoms with E-state index in [1.807, 2.05) is 7.05 Å². The highest BCUT2D eigenvalue weighted by atomic mass is 16.5. The summed E-state index contributed by atoms with van der Waals surface area (Å²) in [6, 6.07) is 0. The third-order valence-electron chi connectivity index (χ3n) is 3.57. The molecule has 2 unspecified atom stereocenters. The van der Waals surface area contributed by atoms with Gasteiger partial charge in [-0.25, -0.2) is 0 Å². The number of hydrogen-bond acceptors (Lipinski definition) is 2. The van der Waals surface area contributed by atoms with Crippen molar-refractivity contribution in [2.45, 2.75) is 38.2 Å². The maximum absolute atomic E-state index is 5.91. The highest BCUT2D eigenvalue weighted by molar-refractivity contribution is 4.86. The molecular formula is C11H21NO. The van der Waals surface area contributed by atoms with Gasteiger partial charge in [0.25, 0.3) is 0 Å². The van der Waals surface area contributed by atoms with Gasteiger partial charge in [0, 0.05) is 13.2 Å². The second-order valence-corrected chi connectivity index (χ2v) is 4.49. The summed E-state index contributed by atoms with van der Waals surface area (Å²) >= 11 is 0. The number of nitrogens with one attached hydrogen (secondary N) is 1. The lowest BCUT2D eigenvalue weighted by Gasteiger charge is -2.41. The van der Waals surface area contributed by atoms with Gasteiger partial charge in [-0.1, -0.05) is 6.42 Å². The van der Waals surface area contributed by atoms with Gasteiger partial charge in [-0.2, -0.15) is 0 Å². The van der Waals surface area contributed by atoms with Gasteiger partial charge in [0.2, 0.25) is 0 Å². The van der Waals surface area contributed by atoms with Gasteiger partial charge < -0.3 is 10.1 Å². The van der Waals surface area contributed by atoms with Crippen molar-refractivity contribution < 1.29 is 4.74 Å². The van der Waals surface area contributed by atoms with Crippen molar-refractivity contribution in [2.75, 3.05) is 20.2 Å². The Balaban J connectivity index is 1.87. The lowest BCUT2D eigenvalue weighted by molar-refractivity contribution is -0.0783. The van der Waals surface area contributed by atoms with E-state index < -0.39 is 0 Å². The summed E-state index contributed by atoms with van der Waals surface area (Å²) in [6.07, 6.45) is 7.44. The van der Waals surface area contributed by atoms with E-state index in [1.54, 1.807) is 0 Å². The zero-order valence-corrected chi connectivity index (χ0v) is 8.59. The van der Waals surface area contributed by atoms with Crippen molar-refractivity contribution in [3.05, 3.63) is 0 Å². The number of rotatable bonds is 3. The Hall–Kier alpha value is -0.0800. The SMILES string of the molecule is CNCC1CCCOC1C1CCC1. The van der Waals surface area contributed by atoms with E-state index in [2.05, 4.69) is 5.32 Å². The van der Waals surface area contributed by atoms with Crippen molar-refractivity contribution >= 4 is 0 Å². The fourth-order valence-corrected chi connectivity index (χ4v) is 2.64. The van der Waals surface area contributed by atoms with Crippen LogP contribution in [-0.4, -0.2) is 26.3 Å². The molecule has 2 fully saturated rings. The van der Waals surface area contributed by atoms with Crippen molar-refractivity contribution in [3.8, 4) is 0 Å². The Kier molecular flexibility index (Phi) is 3.23. The molecule has 1 saturated heterocycles. The van der Waals surface area contributed by atoms with Crippen LogP contribution in [0.25, 0.3) is 0 Å². The summed E-state index contributed by atoms with van der Waals surface area (Å²) in [5.41, 5.74) is 0. The predicted molar refractivity (Wildman–Crippen MR) is 53.7 cm³/mol. The summed E-state index contributed by atoms with van der Waals surface area (Å²) < 4.78 is 5.91. The fraction of sp³-hybridized carbons (Fsp3) is 1.00. The molecule has 76 valence electrons. The summed E-state index contributed by atoms with van der Waals surface area (Å²) in [4.78, 5) is 0. The van der Waals surface area contributed by atoms with Gasteiger partial charge in [0.15, 0.2) is 0 Å². The minimum absolute atomic E-state index is 0.579. The molecule has 2 heteroatoms. The molecule has 0 spiro atoms. The first-order valence-corrected chi connectivity index (χ1v) is 5.68. The quantitative estimate of drug-likeness (QED) is 0.720. The fourth-order valence-electron chi connectivity index (χ4n) is 2.64. The van der Waals surface area contributed by atoms with E-state index in [-0.39, 0.29) is 0 Å². The predicted octanol–water partition coefficient (Wildman–Crippen LogP) is 1.80. The molecule has 1 N–H and O–H groups in total. The van der Waals surface area contributed by atoms with Gasteiger partial charge in [-0.05, 0) is 44.6 Å². The summed E-state index contributed by atoms with van der Waals surface area (Å²) in [5, 5.41) is 3.29. The van der Waals surface area contributed by atoms with Gasteiger partial charge in [-0.3, -0.25) is 0 Å². The topological polar surface area (TPSA) is 21.3 Å². The maximum atomic E-state index is 5.91. The first-order valence-electron chi connectivity index (χ1n) is 5.68. The zero-order chi connectivity index (χ0) is 9.10. The molecule has 2 nitrogen and oxygen atoms in total. The lowest BCUT2D eigenvalue weighted by atomic mass is 9.74. The van der Waals surface area contributed by atoms with Gasteiger partial charge in [0.1, 0.15) is 0 Å². The first kappa shape index (κ1) is 9.47. The Bertz CT molecular complexity index is 154. The summed E-state index contributed by atoms with van der Waals surface area (Å²) in [5.74, 6) is 1.67. The van der Waals surface area contributed by atoms with Crippen molar-refractivity contribution in [1.82, 2.24) is 5.32 Å². The van der Waals surface area contributed by atoms with Crippen LogP contribution in [-0.2, 0) is 4.74 Å². The molecule has 1 heterocycles. The molecule has 2 rings (SSSR count). The molecule has 2 atom stereocenters. The molecule has 0 bridgehead atoms. The Morgan fingerprint density at radius 2 is 2.08 bits per heavy atom. The molecule has 0 radical (unpaired) electrons.